The zero-order chi connectivity index (χ0) is 17.4. The van der Waals surface area contributed by atoms with E-state index in [-0.39, 0.29) is 41.0 Å². The summed E-state index contributed by atoms with van der Waals surface area (Å²) < 4.78 is 27.1. The van der Waals surface area contributed by atoms with Crippen molar-refractivity contribution in [2.45, 2.75) is 31.0 Å². The average molecular weight is 416 g/mol. The SMILES string of the molecule is CC(C)(C)[C@H](N)C(=O)N1CCN(S(=O)(=O)c2ccc(Cl)s2)CC1.Cl. The van der Waals surface area contributed by atoms with Gasteiger partial charge in [-0.05, 0) is 17.5 Å². The molecule has 0 aromatic carbocycles. The summed E-state index contributed by atoms with van der Waals surface area (Å²) >= 11 is 6.86. The van der Waals surface area contributed by atoms with Gasteiger partial charge >= 0.3 is 0 Å². The maximum Gasteiger partial charge on any atom is 0.252 e. The molecule has 0 saturated carbocycles. The molecule has 6 nitrogen and oxygen atoms in total. The van der Waals surface area contributed by atoms with Gasteiger partial charge in [0.1, 0.15) is 4.21 Å². The van der Waals surface area contributed by atoms with E-state index < -0.39 is 16.1 Å². The molecule has 2 heterocycles. The normalized spacial score (nSPS) is 18.1. The minimum Gasteiger partial charge on any atom is -0.339 e. The number of hydrogen-bond acceptors (Lipinski definition) is 5. The molecule has 138 valence electrons. The zero-order valence-corrected chi connectivity index (χ0v) is 17.1. The van der Waals surface area contributed by atoms with E-state index in [1.54, 1.807) is 11.0 Å². The van der Waals surface area contributed by atoms with E-state index in [0.717, 1.165) is 11.3 Å². The zero-order valence-electron chi connectivity index (χ0n) is 13.9. The molecule has 1 saturated heterocycles. The van der Waals surface area contributed by atoms with E-state index in [2.05, 4.69) is 0 Å². The van der Waals surface area contributed by atoms with Crippen molar-refractivity contribution in [3.63, 3.8) is 0 Å². The molecule has 0 spiro atoms. The lowest BCUT2D eigenvalue weighted by atomic mass is 9.86. The van der Waals surface area contributed by atoms with Crippen LogP contribution in [0.25, 0.3) is 0 Å². The first-order valence-corrected chi connectivity index (χ1v) is 9.97. The highest BCUT2D eigenvalue weighted by molar-refractivity contribution is 7.91. The summed E-state index contributed by atoms with van der Waals surface area (Å²) in [7, 11) is -3.54. The van der Waals surface area contributed by atoms with Crippen LogP contribution < -0.4 is 5.73 Å². The number of carbonyl (C=O) groups excluding carboxylic acids is 1. The van der Waals surface area contributed by atoms with Gasteiger partial charge in [0.15, 0.2) is 0 Å². The molecule has 10 heteroatoms. The van der Waals surface area contributed by atoms with Gasteiger partial charge in [0.05, 0.1) is 10.4 Å². The van der Waals surface area contributed by atoms with Gasteiger partial charge in [-0.3, -0.25) is 4.79 Å². The summed E-state index contributed by atoms with van der Waals surface area (Å²) in [6.07, 6.45) is 0. The number of halogens is 2. The number of hydrogen-bond donors (Lipinski definition) is 1. The summed E-state index contributed by atoms with van der Waals surface area (Å²) in [6.45, 7) is 6.97. The Morgan fingerprint density at radius 2 is 1.79 bits per heavy atom. The molecule has 1 fully saturated rings. The van der Waals surface area contributed by atoms with Crippen LogP contribution in [-0.4, -0.2) is 55.8 Å². The van der Waals surface area contributed by atoms with Gasteiger partial charge in [-0.1, -0.05) is 32.4 Å². The quantitative estimate of drug-likeness (QED) is 0.817. The van der Waals surface area contributed by atoms with E-state index in [0.29, 0.717) is 17.4 Å². The first kappa shape index (κ1) is 21.7. The number of nitrogens with zero attached hydrogens (tertiary/aromatic N) is 2. The van der Waals surface area contributed by atoms with E-state index in [9.17, 15) is 13.2 Å². The molecule has 1 aliphatic heterocycles. The van der Waals surface area contributed by atoms with Crippen LogP contribution >= 0.6 is 35.3 Å². The number of nitrogens with two attached hydrogens (primary N) is 1. The van der Waals surface area contributed by atoms with Gasteiger partial charge in [-0.15, -0.1) is 23.7 Å². The fourth-order valence-electron chi connectivity index (χ4n) is 2.28. The molecule has 1 aromatic heterocycles. The lowest BCUT2D eigenvalue weighted by Gasteiger charge is -2.37. The van der Waals surface area contributed by atoms with Crippen molar-refractivity contribution in [3.05, 3.63) is 16.5 Å². The number of sulfonamides is 1. The van der Waals surface area contributed by atoms with Gasteiger partial charge in [-0.2, -0.15) is 4.31 Å². The monoisotopic (exact) mass is 415 g/mol. The maximum absolute atomic E-state index is 12.5. The molecule has 1 aromatic rings. The van der Waals surface area contributed by atoms with E-state index >= 15 is 0 Å². The summed E-state index contributed by atoms with van der Waals surface area (Å²) in [5, 5.41) is 0. The van der Waals surface area contributed by atoms with E-state index in [1.807, 2.05) is 20.8 Å². The van der Waals surface area contributed by atoms with Crippen LogP contribution in [0.2, 0.25) is 4.34 Å². The Bertz CT molecular complexity index is 678. The molecule has 0 radical (unpaired) electrons. The molecule has 2 rings (SSSR count). The van der Waals surface area contributed by atoms with E-state index in [1.165, 1.54) is 10.4 Å². The van der Waals surface area contributed by atoms with Gasteiger partial charge in [0.2, 0.25) is 5.91 Å². The Balaban J connectivity index is 0.00000288. The van der Waals surface area contributed by atoms with Crippen molar-refractivity contribution in [3.8, 4) is 0 Å². The highest BCUT2D eigenvalue weighted by Gasteiger charge is 2.35. The molecular formula is C14H23Cl2N3O3S2. The Morgan fingerprint density at radius 3 is 2.21 bits per heavy atom. The van der Waals surface area contributed by atoms with Gasteiger partial charge in [0.25, 0.3) is 10.0 Å². The second-order valence-corrected chi connectivity index (χ2v) is 10.5. The van der Waals surface area contributed by atoms with Crippen LogP contribution in [0.3, 0.4) is 0 Å². The fraction of sp³-hybridized carbons (Fsp3) is 0.643. The van der Waals surface area contributed by atoms with E-state index in [4.69, 9.17) is 17.3 Å². The van der Waals surface area contributed by atoms with Crippen molar-refractivity contribution in [1.29, 1.82) is 0 Å². The van der Waals surface area contributed by atoms with Crippen LogP contribution in [0.1, 0.15) is 20.8 Å². The van der Waals surface area contributed by atoms with Crippen LogP contribution in [-0.2, 0) is 14.8 Å². The number of piperazine rings is 1. The van der Waals surface area contributed by atoms with Crippen molar-refractivity contribution in [2.75, 3.05) is 26.2 Å². The smallest absolute Gasteiger partial charge is 0.252 e. The van der Waals surface area contributed by atoms with Crippen molar-refractivity contribution in [1.82, 2.24) is 9.21 Å². The molecule has 2 N–H and O–H groups in total. The first-order chi connectivity index (χ1) is 10.5. The van der Waals surface area contributed by atoms with Gasteiger partial charge in [-0.25, -0.2) is 8.42 Å². The number of thiophene rings is 1. The predicted octanol–water partition coefficient (Wildman–Crippen LogP) is 2.03. The van der Waals surface area contributed by atoms with Crippen LogP contribution in [0, 0.1) is 5.41 Å². The summed E-state index contributed by atoms with van der Waals surface area (Å²) in [6, 6.07) is 2.48. The second kappa shape index (κ2) is 7.88. The van der Waals surface area contributed by atoms with Crippen molar-refractivity contribution >= 4 is 51.3 Å². The Hall–Kier alpha value is -0.380. The lowest BCUT2D eigenvalue weighted by Crippen LogP contribution is -2.56. The minimum absolute atomic E-state index is 0. The molecule has 24 heavy (non-hydrogen) atoms. The second-order valence-electron chi connectivity index (χ2n) is 6.63. The Morgan fingerprint density at radius 1 is 1.25 bits per heavy atom. The van der Waals surface area contributed by atoms with Gasteiger partial charge in [0, 0.05) is 26.2 Å². The predicted molar refractivity (Wildman–Crippen MR) is 99.3 cm³/mol. The maximum atomic E-state index is 12.5. The lowest BCUT2D eigenvalue weighted by molar-refractivity contribution is -0.136. The third-order valence-electron chi connectivity index (χ3n) is 3.89. The first-order valence-electron chi connectivity index (χ1n) is 7.33. The standard InChI is InChI=1S/C14H22ClN3O3S2.ClH/c1-14(2,3)12(16)13(19)17-6-8-18(9-7-17)23(20,21)11-5-4-10(15)22-11;/h4-5,12H,6-9,16H2,1-3H3;1H/t12-;/m1./s1. The number of amides is 1. The van der Waals surface area contributed by atoms with Crippen molar-refractivity contribution in [2.24, 2.45) is 11.1 Å². The third-order valence-corrected chi connectivity index (χ3v) is 7.49. The molecule has 1 atom stereocenters. The molecule has 0 unspecified atom stereocenters. The summed E-state index contributed by atoms with van der Waals surface area (Å²) in [4.78, 5) is 14.0. The Kier molecular flexibility index (Phi) is 7.12. The molecule has 0 aliphatic carbocycles. The van der Waals surface area contributed by atoms with Crippen LogP contribution in [0.4, 0.5) is 0 Å². The minimum atomic E-state index is -3.54. The number of carbonyl (C=O) groups is 1. The fourth-order valence-corrected chi connectivity index (χ4v) is 5.34. The molecule has 0 bridgehead atoms. The third kappa shape index (κ3) is 4.62. The summed E-state index contributed by atoms with van der Waals surface area (Å²) in [5.41, 5.74) is 5.68. The highest BCUT2D eigenvalue weighted by Crippen LogP contribution is 2.29. The number of rotatable bonds is 3. The average Bonchev–Trinajstić information content (AvgIpc) is 2.92. The molecular weight excluding hydrogens is 393 g/mol. The highest BCUT2D eigenvalue weighted by atomic mass is 35.5. The largest absolute Gasteiger partial charge is 0.339 e. The van der Waals surface area contributed by atoms with Gasteiger partial charge < -0.3 is 10.6 Å². The van der Waals surface area contributed by atoms with Crippen LogP contribution in [0.5, 0.6) is 0 Å². The summed E-state index contributed by atoms with van der Waals surface area (Å²) in [5.74, 6) is -0.131. The Labute approximate surface area is 158 Å². The topological polar surface area (TPSA) is 83.7 Å². The van der Waals surface area contributed by atoms with Crippen molar-refractivity contribution < 1.29 is 13.2 Å². The molecule has 1 aliphatic rings. The van der Waals surface area contributed by atoms with Crippen LogP contribution in [0.15, 0.2) is 16.3 Å². The molecule has 1 amide bonds.